The first-order valence-corrected chi connectivity index (χ1v) is 6.22. The van der Waals surface area contributed by atoms with Crippen LogP contribution in [0.4, 0.5) is 10.2 Å². The average Bonchev–Trinajstić information content (AvgIpc) is 2.27. The summed E-state index contributed by atoms with van der Waals surface area (Å²) in [6, 6.07) is 5.09. The van der Waals surface area contributed by atoms with Gasteiger partial charge in [0.1, 0.15) is 11.6 Å². The molecule has 0 amide bonds. The van der Waals surface area contributed by atoms with Gasteiger partial charge in [-0.2, -0.15) is 0 Å². The van der Waals surface area contributed by atoms with E-state index in [1.54, 1.807) is 6.07 Å². The second-order valence-corrected chi connectivity index (χ2v) is 5.62. The molecule has 1 heterocycles. The molecule has 0 atom stereocenters. The lowest BCUT2D eigenvalue weighted by atomic mass is 9.86. The van der Waals surface area contributed by atoms with Crippen LogP contribution in [0.1, 0.15) is 39.0 Å². The van der Waals surface area contributed by atoms with Crippen molar-refractivity contribution < 1.29 is 4.39 Å². The third-order valence-electron chi connectivity index (χ3n) is 3.13. The highest BCUT2D eigenvalue weighted by Crippen LogP contribution is 2.33. The van der Waals surface area contributed by atoms with E-state index in [0.717, 1.165) is 22.0 Å². The van der Waals surface area contributed by atoms with Crippen LogP contribution in [-0.2, 0) is 11.8 Å². The molecule has 96 valence electrons. The Morgan fingerprint density at radius 1 is 1.28 bits per heavy atom. The van der Waals surface area contributed by atoms with Gasteiger partial charge >= 0.3 is 0 Å². The van der Waals surface area contributed by atoms with Crippen LogP contribution >= 0.6 is 0 Å². The highest BCUT2D eigenvalue weighted by atomic mass is 19.1. The lowest BCUT2D eigenvalue weighted by molar-refractivity contribution is 0.573. The lowest BCUT2D eigenvalue weighted by Crippen LogP contribution is -2.16. The van der Waals surface area contributed by atoms with Crippen LogP contribution in [0.15, 0.2) is 18.2 Å². The summed E-state index contributed by atoms with van der Waals surface area (Å²) in [7, 11) is 0. The molecule has 2 nitrogen and oxygen atoms in total. The summed E-state index contributed by atoms with van der Waals surface area (Å²) in [6.07, 6.45) is 0.651. The van der Waals surface area contributed by atoms with Crippen molar-refractivity contribution in [3.8, 4) is 0 Å². The molecule has 0 bridgehead atoms. The van der Waals surface area contributed by atoms with E-state index < -0.39 is 0 Å². The molecular formula is C15H19FN2. The van der Waals surface area contributed by atoms with Crippen molar-refractivity contribution in [2.75, 3.05) is 5.73 Å². The monoisotopic (exact) mass is 246 g/mol. The van der Waals surface area contributed by atoms with Crippen LogP contribution in [0.25, 0.3) is 10.8 Å². The van der Waals surface area contributed by atoms with Gasteiger partial charge in [0, 0.05) is 10.8 Å². The fourth-order valence-electron chi connectivity index (χ4n) is 2.31. The number of nitrogen functional groups attached to an aromatic ring is 1. The quantitative estimate of drug-likeness (QED) is 0.830. The Morgan fingerprint density at radius 3 is 2.50 bits per heavy atom. The SMILES string of the molecule is CCc1c(F)ccc2cc(N)nc(C(C)(C)C)c12. The molecule has 18 heavy (non-hydrogen) atoms. The first-order valence-electron chi connectivity index (χ1n) is 6.22. The summed E-state index contributed by atoms with van der Waals surface area (Å²) >= 11 is 0. The number of nitrogens with two attached hydrogens (primary N) is 1. The van der Waals surface area contributed by atoms with Crippen molar-refractivity contribution in [2.24, 2.45) is 0 Å². The fourth-order valence-corrected chi connectivity index (χ4v) is 2.31. The molecule has 2 aromatic rings. The Morgan fingerprint density at radius 2 is 1.94 bits per heavy atom. The number of hydrogen-bond acceptors (Lipinski definition) is 2. The van der Waals surface area contributed by atoms with Gasteiger partial charge in [-0.15, -0.1) is 0 Å². The third kappa shape index (κ3) is 2.05. The van der Waals surface area contributed by atoms with Gasteiger partial charge in [0.15, 0.2) is 0 Å². The molecule has 0 unspecified atom stereocenters. The number of pyridine rings is 1. The second-order valence-electron chi connectivity index (χ2n) is 5.62. The minimum absolute atomic E-state index is 0.161. The van der Waals surface area contributed by atoms with Crippen LogP contribution in [0.5, 0.6) is 0 Å². The summed E-state index contributed by atoms with van der Waals surface area (Å²) in [5.41, 5.74) is 7.28. The van der Waals surface area contributed by atoms with Gasteiger partial charge in [-0.3, -0.25) is 0 Å². The molecule has 0 spiro atoms. The van der Waals surface area contributed by atoms with E-state index in [4.69, 9.17) is 5.73 Å². The van der Waals surface area contributed by atoms with E-state index >= 15 is 0 Å². The molecule has 2 N–H and O–H groups in total. The Labute approximate surface area is 107 Å². The van der Waals surface area contributed by atoms with E-state index in [1.165, 1.54) is 6.07 Å². The standard InChI is InChI=1S/C15H19FN2/c1-5-10-11(16)7-6-9-8-12(17)18-14(13(9)10)15(2,3)4/h6-8H,5H2,1-4H3,(H2,17,18). The van der Waals surface area contributed by atoms with E-state index in [1.807, 2.05) is 13.0 Å². The van der Waals surface area contributed by atoms with Crippen molar-refractivity contribution in [1.29, 1.82) is 0 Å². The number of halogens is 1. The summed E-state index contributed by atoms with van der Waals surface area (Å²) in [5, 5.41) is 1.88. The number of aromatic nitrogens is 1. The smallest absolute Gasteiger partial charge is 0.127 e. The van der Waals surface area contributed by atoms with Crippen LogP contribution in [0, 0.1) is 5.82 Å². The minimum Gasteiger partial charge on any atom is -0.384 e. The van der Waals surface area contributed by atoms with Gasteiger partial charge in [-0.25, -0.2) is 9.37 Å². The van der Waals surface area contributed by atoms with Gasteiger partial charge < -0.3 is 5.73 Å². The van der Waals surface area contributed by atoms with Crippen LogP contribution in [-0.4, -0.2) is 4.98 Å². The van der Waals surface area contributed by atoms with Crippen molar-refractivity contribution in [3.63, 3.8) is 0 Å². The first kappa shape index (κ1) is 12.8. The van der Waals surface area contributed by atoms with Crippen LogP contribution < -0.4 is 5.73 Å². The molecule has 0 fully saturated rings. The number of anilines is 1. The Kier molecular flexibility index (Phi) is 3.01. The fraction of sp³-hybridized carbons (Fsp3) is 0.400. The number of aryl methyl sites for hydroxylation is 1. The molecule has 0 saturated heterocycles. The third-order valence-corrected chi connectivity index (χ3v) is 3.13. The van der Waals surface area contributed by atoms with E-state index in [2.05, 4.69) is 25.8 Å². The van der Waals surface area contributed by atoms with Gasteiger partial charge in [-0.1, -0.05) is 33.8 Å². The number of fused-ring (bicyclic) bond motifs is 1. The predicted molar refractivity (Wildman–Crippen MR) is 74.2 cm³/mol. The van der Waals surface area contributed by atoms with Crippen LogP contribution in [0.3, 0.4) is 0 Å². The summed E-state index contributed by atoms with van der Waals surface area (Å²) < 4.78 is 13.9. The molecular weight excluding hydrogens is 227 g/mol. The topological polar surface area (TPSA) is 38.9 Å². The summed E-state index contributed by atoms with van der Waals surface area (Å²) in [5.74, 6) is 0.322. The highest BCUT2D eigenvalue weighted by molar-refractivity contribution is 5.90. The maximum absolute atomic E-state index is 13.9. The molecule has 0 aliphatic heterocycles. The molecule has 0 aliphatic rings. The number of rotatable bonds is 1. The van der Waals surface area contributed by atoms with E-state index in [9.17, 15) is 4.39 Å². The largest absolute Gasteiger partial charge is 0.384 e. The zero-order valence-corrected chi connectivity index (χ0v) is 11.3. The van der Waals surface area contributed by atoms with Gasteiger partial charge in [0.25, 0.3) is 0 Å². The predicted octanol–water partition coefficient (Wildman–Crippen LogP) is 3.82. The summed E-state index contributed by atoms with van der Waals surface area (Å²) in [6.45, 7) is 8.16. The zero-order chi connectivity index (χ0) is 13.5. The van der Waals surface area contributed by atoms with Gasteiger partial charge in [-0.05, 0) is 29.5 Å². The second kappa shape index (κ2) is 4.23. The van der Waals surface area contributed by atoms with Crippen molar-refractivity contribution in [1.82, 2.24) is 4.98 Å². The normalized spacial score (nSPS) is 12.1. The highest BCUT2D eigenvalue weighted by Gasteiger charge is 2.22. The number of hydrogen-bond donors (Lipinski definition) is 1. The number of benzene rings is 1. The minimum atomic E-state index is -0.165. The summed E-state index contributed by atoms with van der Waals surface area (Å²) in [4.78, 5) is 4.43. The maximum Gasteiger partial charge on any atom is 0.127 e. The van der Waals surface area contributed by atoms with Crippen molar-refractivity contribution in [3.05, 3.63) is 35.3 Å². The molecule has 1 aromatic carbocycles. The lowest BCUT2D eigenvalue weighted by Gasteiger charge is -2.22. The zero-order valence-electron chi connectivity index (χ0n) is 11.3. The van der Waals surface area contributed by atoms with Crippen molar-refractivity contribution >= 4 is 16.6 Å². The van der Waals surface area contributed by atoms with Gasteiger partial charge in [0.05, 0.1) is 5.69 Å². The molecule has 0 saturated carbocycles. The Bertz CT molecular complexity index is 597. The average molecular weight is 246 g/mol. The molecule has 1 aromatic heterocycles. The number of nitrogens with zero attached hydrogens (tertiary/aromatic N) is 1. The molecule has 2 rings (SSSR count). The van der Waals surface area contributed by atoms with E-state index in [-0.39, 0.29) is 11.2 Å². The van der Waals surface area contributed by atoms with Crippen LogP contribution in [0.2, 0.25) is 0 Å². The van der Waals surface area contributed by atoms with Crippen molar-refractivity contribution in [2.45, 2.75) is 39.5 Å². The maximum atomic E-state index is 13.9. The molecule has 0 aliphatic carbocycles. The Hall–Kier alpha value is -1.64. The molecule has 0 radical (unpaired) electrons. The Balaban J connectivity index is 2.95. The molecule has 3 heteroatoms. The first-order chi connectivity index (χ1) is 8.34. The van der Waals surface area contributed by atoms with Gasteiger partial charge in [0.2, 0.25) is 0 Å². The van der Waals surface area contributed by atoms with E-state index in [0.29, 0.717) is 12.2 Å².